The van der Waals surface area contributed by atoms with Gasteiger partial charge in [-0.25, -0.2) is 4.79 Å². The first-order valence-corrected chi connectivity index (χ1v) is 10.5. The van der Waals surface area contributed by atoms with E-state index in [1.165, 1.54) is 16.2 Å². The minimum absolute atomic E-state index is 0.289. The molecule has 1 amide bonds. The predicted molar refractivity (Wildman–Crippen MR) is 121 cm³/mol. The minimum Gasteiger partial charge on any atom is -0.497 e. The summed E-state index contributed by atoms with van der Waals surface area (Å²) in [7, 11) is 4.87. The summed E-state index contributed by atoms with van der Waals surface area (Å²) in [6.45, 7) is 1.99. The average Bonchev–Trinajstić information content (AvgIpc) is 3.19. The number of carbonyl (C=O) groups is 2. The summed E-state index contributed by atoms with van der Waals surface area (Å²) in [5.41, 5.74) is 2.82. The van der Waals surface area contributed by atoms with Gasteiger partial charge in [0.15, 0.2) is 6.61 Å². The van der Waals surface area contributed by atoms with Gasteiger partial charge in [-0.05, 0) is 42.3 Å². The number of benzene rings is 2. The first-order chi connectivity index (χ1) is 14.9. The molecular formula is C24H25NO5S. The van der Waals surface area contributed by atoms with Crippen LogP contribution in [-0.2, 0) is 16.1 Å². The third-order valence-electron chi connectivity index (χ3n) is 4.87. The van der Waals surface area contributed by atoms with Crippen molar-refractivity contribution in [2.45, 2.75) is 13.5 Å². The lowest BCUT2D eigenvalue weighted by Gasteiger charge is -2.18. The first-order valence-electron chi connectivity index (χ1n) is 9.70. The molecule has 0 saturated carbocycles. The lowest BCUT2D eigenvalue weighted by atomic mass is 10.1. The highest BCUT2D eigenvalue weighted by Gasteiger charge is 2.18. The van der Waals surface area contributed by atoms with E-state index in [-0.39, 0.29) is 12.5 Å². The smallest absolute Gasteiger partial charge is 0.348 e. The molecule has 0 spiro atoms. The summed E-state index contributed by atoms with van der Waals surface area (Å²) in [5, 5.41) is 0. The zero-order valence-electron chi connectivity index (χ0n) is 18.0. The fourth-order valence-corrected chi connectivity index (χ4v) is 4.06. The van der Waals surface area contributed by atoms with Gasteiger partial charge in [-0.2, -0.15) is 0 Å². The summed E-state index contributed by atoms with van der Waals surface area (Å²) in [6.07, 6.45) is 0. The Morgan fingerprint density at radius 1 is 1.00 bits per heavy atom. The van der Waals surface area contributed by atoms with E-state index < -0.39 is 5.97 Å². The van der Waals surface area contributed by atoms with Gasteiger partial charge in [-0.1, -0.05) is 30.3 Å². The summed E-state index contributed by atoms with van der Waals surface area (Å²) in [5.74, 6) is 0.682. The zero-order valence-corrected chi connectivity index (χ0v) is 18.8. The quantitative estimate of drug-likeness (QED) is 0.482. The average molecular weight is 440 g/mol. The van der Waals surface area contributed by atoms with Gasteiger partial charge in [-0.3, -0.25) is 4.79 Å². The fourth-order valence-electron chi connectivity index (χ4n) is 3.13. The molecule has 0 aliphatic rings. The van der Waals surface area contributed by atoms with Crippen molar-refractivity contribution in [2.24, 2.45) is 0 Å². The van der Waals surface area contributed by atoms with Gasteiger partial charge in [0.1, 0.15) is 16.4 Å². The van der Waals surface area contributed by atoms with Gasteiger partial charge in [0, 0.05) is 24.0 Å². The number of thiophene rings is 1. The number of carbonyl (C=O) groups excluding carboxylic acids is 2. The Labute approximate surface area is 186 Å². The van der Waals surface area contributed by atoms with Crippen LogP contribution in [0.3, 0.4) is 0 Å². The Bertz CT molecular complexity index is 1060. The van der Waals surface area contributed by atoms with Crippen LogP contribution in [0.4, 0.5) is 0 Å². The Morgan fingerprint density at radius 2 is 1.71 bits per heavy atom. The van der Waals surface area contributed by atoms with Crippen LogP contribution in [0.5, 0.6) is 11.5 Å². The van der Waals surface area contributed by atoms with E-state index in [0.717, 1.165) is 27.3 Å². The molecular weight excluding hydrogens is 414 g/mol. The molecule has 3 aromatic rings. The molecule has 162 valence electrons. The second kappa shape index (κ2) is 10.1. The Kier molecular flexibility index (Phi) is 7.31. The highest BCUT2D eigenvalue weighted by atomic mass is 32.1. The highest BCUT2D eigenvalue weighted by Crippen LogP contribution is 2.32. The van der Waals surface area contributed by atoms with Crippen LogP contribution >= 0.6 is 11.3 Å². The number of esters is 1. The molecule has 0 unspecified atom stereocenters. The molecule has 0 radical (unpaired) electrons. The van der Waals surface area contributed by atoms with Crippen molar-refractivity contribution in [3.63, 3.8) is 0 Å². The summed E-state index contributed by atoms with van der Waals surface area (Å²) in [6, 6.07) is 16.9. The molecule has 0 atom stereocenters. The van der Waals surface area contributed by atoms with Gasteiger partial charge in [0.25, 0.3) is 5.91 Å². The molecule has 0 fully saturated rings. The van der Waals surface area contributed by atoms with Gasteiger partial charge < -0.3 is 19.1 Å². The number of rotatable bonds is 8. The number of likely N-dealkylation sites (N-methyl/N-ethyl adjacent to an activating group) is 1. The maximum Gasteiger partial charge on any atom is 0.348 e. The third-order valence-corrected chi connectivity index (χ3v) is 5.90. The number of aryl methyl sites for hydroxylation is 1. The minimum atomic E-state index is -0.507. The van der Waals surface area contributed by atoms with Crippen LogP contribution in [0.1, 0.15) is 20.1 Å². The van der Waals surface area contributed by atoms with Crippen molar-refractivity contribution in [3.8, 4) is 22.6 Å². The lowest BCUT2D eigenvalue weighted by Crippen LogP contribution is -2.30. The van der Waals surface area contributed by atoms with E-state index in [4.69, 9.17) is 14.2 Å². The standard InChI is InChI=1S/C24H25NO5S/c1-16-20(17-9-11-19(28-3)12-10-17)13-22(31-16)24(27)30-15-23(26)25(2)14-18-7-5-6-8-21(18)29-4/h5-13H,14-15H2,1-4H3. The predicted octanol–water partition coefficient (Wildman–Crippen LogP) is 4.56. The van der Waals surface area contributed by atoms with Crippen molar-refractivity contribution >= 4 is 23.2 Å². The highest BCUT2D eigenvalue weighted by molar-refractivity contribution is 7.14. The number of para-hydroxylation sites is 1. The van der Waals surface area contributed by atoms with E-state index in [2.05, 4.69) is 0 Å². The molecule has 0 saturated heterocycles. The molecule has 3 rings (SSSR count). The number of ether oxygens (including phenoxy) is 3. The van der Waals surface area contributed by atoms with Crippen LogP contribution in [-0.4, -0.2) is 44.7 Å². The van der Waals surface area contributed by atoms with Crippen molar-refractivity contribution in [1.29, 1.82) is 0 Å². The fraction of sp³-hybridized carbons (Fsp3) is 0.250. The molecule has 1 aromatic heterocycles. The normalized spacial score (nSPS) is 10.5. The topological polar surface area (TPSA) is 65.1 Å². The van der Waals surface area contributed by atoms with Crippen LogP contribution in [0, 0.1) is 6.92 Å². The molecule has 2 aromatic carbocycles. The van der Waals surface area contributed by atoms with Crippen molar-refractivity contribution in [1.82, 2.24) is 4.90 Å². The van der Waals surface area contributed by atoms with Crippen LogP contribution in [0.15, 0.2) is 54.6 Å². The van der Waals surface area contributed by atoms with E-state index in [0.29, 0.717) is 17.2 Å². The van der Waals surface area contributed by atoms with E-state index in [1.807, 2.05) is 55.5 Å². The third kappa shape index (κ3) is 5.44. The van der Waals surface area contributed by atoms with Gasteiger partial charge in [0.05, 0.1) is 14.2 Å². The van der Waals surface area contributed by atoms with Crippen molar-refractivity contribution < 1.29 is 23.8 Å². The number of hydrogen-bond acceptors (Lipinski definition) is 6. The number of nitrogens with zero attached hydrogens (tertiary/aromatic N) is 1. The zero-order chi connectivity index (χ0) is 22.4. The molecule has 31 heavy (non-hydrogen) atoms. The van der Waals surface area contributed by atoms with Crippen LogP contribution < -0.4 is 9.47 Å². The van der Waals surface area contributed by atoms with Crippen molar-refractivity contribution in [2.75, 3.05) is 27.9 Å². The van der Waals surface area contributed by atoms with Crippen LogP contribution in [0.2, 0.25) is 0 Å². The first kappa shape index (κ1) is 22.4. The molecule has 7 heteroatoms. The lowest BCUT2D eigenvalue weighted by molar-refractivity contribution is -0.133. The SMILES string of the molecule is COc1ccc(-c2cc(C(=O)OCC(=O)N(C)Cc3ccccc3OC)sc2C)cc1. The Morgan fingerprint density at radius 3 is 2.39 bits per heavy atom. The van der Waals surface area contributed by atoms with E-state index >= 15 is 0 Å². The van der Waals surface area contributed by atoms with E-state index in [1.54, 1.807) is 27.3 Å². The molecule has 1 heterocycles. The molecule has 0 bridgehead atoms. The summed E-state index contributed by atoms with van der Waals surface area (Å²) in [4.78, 5) is 27.9. The van der Waals surface area contributed by atoms with E-state index in [9.17, 15) is 9.59 Å². The molecule has 0 N–H and O–H groups in total. The van der Waals surface area contributed by atoms with Crippen LogP contribution in [0.25, 0.3) is 11.1 Å². The maximum absolute atomic E-state index is 12.5. The van der Waals surface area contributed by atoms with Gasteiger partial charge in [0.2, 0.25) is 0 Å². The second-order valence-electron chi connectivity index (χ2n) is 6.95. The Hall–Kier alpha value is -3.32. The largest absolute Gasteiger partial charge is 0.497 e. The molecule has 6 nitrogen and oxygen atoms in total. The van der Waals surface area contributed by atoms with Crippen molar-refractivity contribution in [3.05, 3.63) is 69.9 Å². The van der Waals surface area contributed by atoms with Gasteiger partial charge in [-0.15, -0.1) is 11.3 Å². The Balaban J connectivity index is 1.60. The monoisotopic (exact) mass is 439 g/mol. The number of hydrogen-bond donors (Lipinski definition) is 0. The number of amides is 1. The summed E-state index contributed by atoms with van der Waals surface area (Å²) >= 11 is 1.35. The molecule has 0 aliphatic heterocycles. The molecule has 0 aliphatic carbocycles. The number of methoxy groups -OCH3 is 2. The van der Waals surface area contributed by atoms with Gasteiger partial charge >= 0.3 is 5.97 Å². The maximum atomic E-state index is 12.5. The summed E-state index contributed by atoms with van der Waals surface area (Å²) < 4.78 is 15.8. The second-order valence-corrected chi connectivity index (χ2v) is 8.20.